The molecule has 0 aliphatic carbocycles. The monoisotopic (exact) mass is 348 g/mol. The Morgan fingerprint density at radius 1 is 0.577 bits per heavy atom. The van der Waals surface area contributed by atoms with Gasteiger partial charge in [-0.05, 0) is 42.5 Å². The molecule has 0 aliphatic rings. The molecule has 3 aromatic carbocycles. The number of anilines is 2. The first-order valence-electron chi connectivity index (χ1n) is 7.62. The molecule has 0 radical (unpaired) electrons. The van der Waals surface area contributed by atoms with Gasteiger partial charge in [-0.25, -0.2) is 0 Å². The largest absolute Gasteiger partial charge is 0.508 e. The molecule has 8 heteroatoms. The number of aromatic hydroxyl groups is 2. The van der Waals surface area contributed by atoms with Gasteiger partial charge in [0.2, 0.25) is 0 Å². The van der Waals surface area contributed by atoms with Crippen LogP contribution in [-0.2, 0) is 0 Å². The lowest BCUT2D eigenvalue weighted by atomic mass is 10.2. The summed E-state index contributed by atoms with van der Waals surface area (Å²) in [6, 6.07) is 15.9. The lowest BCUT2D eigenvalue weighted by Crippen LogP contribution is -1.83. The summed E-state index contributed by atoms with van der Waals surface area (Å²) in [5.74, 6) is 0.134. The van der Waals surface area contributed by atoms with Crippen LogP contribution in [-0.4, -0.2) is 10.2 Å². The summed E-state index contributed by atoms with van der Waals surface area (Å²) in [6.45, 7) is 0. The quantitative estimate of drug-likeness (QED) is 0.384. The fourth-order valence-electron chi connectivity index (χ4n) is 2.11. The average molecular weight is 348 g/mol. The summed E-state index contributed by atoms with van der Waals surface area (Å²) in [4.78, 5) is 0. The van der Waals surface area contributed by atoms with Gasteiger partial charge < -0.3 is 21.7 Å². The van der Waals surface area contributed by atoms with Gasteiger partial charge in [-0.2, -0.15) is 10.2 Å². The van der Waals surface area contributed by atoms with E-state index in [0.29, 0.717) is 34.1 Å². The summed E-state index contributed by atoms with van der Waals surface area (Å²) in [6.07, 6.45) is 0. The van der Waals surface area contributed by atoms with Crippen molar-refractivity contribution in [2.24, 2.45) is 20.5 Å². The molecule has 0 heterocycles. The van der Waals surface area contributed by atoms with Crippen LogP contribution in [0.4, 0.5) is 34.1 Å². The van der Waals surface area contributed by atoms with Crippen LogP contribution in [0, 0.1) is 0 Å². The fraction of sp³-hybridized carbons (Fsp3) is 0. The first-order chi connectivity index (χ1) is 12.5. The van der Waals surface area contributed by atoms with E-state index >= 15 is 0 Å². The van der Waals surface area contributed by atoms with E-state index in [1.165, 1.54) is 24.3 Å². The molecule has 0 saturated heterocycles. The Morgan fingerprint density at radius 2 is 1.04 bits per heavy atom. The second-order valence-electron chi connectivity index (χ2n) is 5.41. The first kappa shape index (κ1) is 16.9. The summed E-state index contributed by atoms with van der Waals surface area (Å²) < 4.78 is 0. The van der Waals surface area contributed by atoms with Gasteiger partial charge in [-0.3, -0.25) is 0 Å². The van der Waals surface area contributed by atoms with E-state index in [1.54, 1.807) is 36.4 Å². The second-order valence-corrected chi connectivity index (χ2v) is 5.41. The molecular formula is C18H16N6O2. The summed E-state index contributed by atoms with van der Waals surface area (Å²) in [7, 11) is 0. The molecule has 0 spiro atoms. The number of nitrogens with two attached hydrogens (primary N) is 2. The number of azo groups is 2. The Balaban J connectivity index is 1.79. The summed E-state index contributed by atoms with van der Waals surface area (Å²) >= 11 is 0. The topological polar surface area (TPSA) is 142 Å². The van der Waals surface area contributed by atoms with E-state index in [9.17, 15) is 10.2 Å². The normalized spacial score (nSPS) is 11.4. The number of hydrogen-bond acceptors (Lipinski definition) is 8. The number of phenolic OH excluding ortho intramolecular Hbond substituents is 2. The molecule has 0 aliphatic heterocycles. The van der Waals surface area contributed by atoms with Crippen LogP contribution in [0.2, 0.25) is 0 Å². The van der Waals surface area contributed by atoms with Crippen molar-refractivity contribution in [3.8, 4) is 11.5 Å². The standard InChI is InChI=1S/C18H16N6O2/c19-15-9-13(25)4-6-17(15)23-21-11-2-1-3-12(8-11)22-24-18-7-5-14(26)10-16(18)20/h1-10,25-26H,19-20H2. The summed E-state index contributed by atoms with van der Waals surface area (Å²) in [5.41, 5.74) is 14.2. The predicted octanol–water partition coefficient (Wildman–Crippen LogP) is 5.09. The second kappa shape index (κ2) is 7.31. The van der Waals surface area contributed by atoms with Gasteiger partial charge in [0.25, 0.3) is 0 Å². The molecular weight excluding hydrogens is 332 g/mol. The maximum absolute atomic E-state index is 9.35. The van der Waals surface area contributed by atoms with Crippen molar-refractivity contribution < 1.29 is 10.2 Å². The highest BCUT2D eigenvalue weighted by atomic mass is 16.3. The molecule has 0 saturated carbocycles. The zero-order valence-electron chi connectivity index (χ0n) is 13.6. The average Bonchev–Trinajstić information content (AvgIpc) is 2.61. The van der Waals surface area contributed by atoms with E-state index in [2.05, 4.69) is 20.5 Å². The molecule has 8 nitrogen and oxygen atoms in total. The minimum Gasteiger partial charge on any atom is -0.508 e. The van der Waals surface area contributed by atoms with Crippen LogP contribution < -0.4 is 11.5 Å². The molecule has 0 amide bonds. The highest BCUT2D eigenvalue weighted by Gasteiger charge is 2.01. The van der Waals surface area contributed by atoms with Crippen molar-refractivity contribution >= 4 is 34.1 Å². The van der Waals surface area contributed by atoms with Crippen molar-refractivity contribution in [2.75, 3.05) is 11.5 Å². The smallest absolute Gasteiger partial charge is 0.117 e. The maximum Gasteiger partial charge on any atom is 0.117 e. The van der Waals surface area contributed by atoms with E-state index in [4.69, 9.17) is 11.5 Å². The van der Waals surface area contributed by atoms with Crippen LogP contribution in [0.25, 0.3) is 0 Å². The van der Waals surface area contributed by atoms with Gasteiger partial charge in [-0.15, -0.1) is 10.2 Å². The van der Waals surface area contributed by atoms with Crippen LogP contribution in [0.15, 0.2) is 81.1 Å². The summed E-state index contributed by atoms with van der Waals surface area (Å²) in [5, 5.41) is 35.1. The van der Waals surface area contributed by atoms with E-state index in [-0.39, 0.29) is 11.5 Å². The molecule has 3 aromatic rings. The Kier molecular flexibility index (Phi) is 4.75. The van der Waals surface area contributed by atoms with Crippen molar-refractivity contribution in [3.05, 3.63) is 60.7 Å². The van der Waals surface area contributed by atoms with Crippen molar-refractivity contribution in [3.63, 3.8) is 0 Å². The fourth-order valence-corrected chi connectivity index (χ4v) is 2.11. The van der Waals surface area contributed by atoms with Gasteiger partial charge in [-0.1, -0.05) is 6.07 Å². The highest BCUT2D eigenvalue weighted by Crippen LogP contribution is 2.30. The number of hydrogen-bond donors (Lipinski definition) is 4. The maximum atomic E-state index is 9.35. The number of rotatable bonds is 4. The minimum atomic E-state index is 0.0670. The van der Waals surface area contributed by atoms with Crippen LogP contribution in [0.1, 0.15) is 0 Å². The van der Waals surface area contributed by atoms with Gasteiger partial charge in [0.05, 0.1) is 22.7 Å². The zero-order valence-corrected chi connectivity index (χ0v) is 13.6. The van der Waals surface area contributed by atoms with Gasteiger partial charge in [0.15, 0.2) is 0 Å². The molecule has 0 fully saturated rings. The van der Waals surface area contributed by atoms with Crippen molar-refractivity contribution in [1.82, 2.24) is 0 Å². The van der Waals surface area contributed by atoms with Gasteiger partial charge in [0, 0.05) is 12.1 Å². The molecule has 3 rings (SSSR count). The van der Waals surface area contributed by atoms with Crippen LogP contribution in [0.3, 0.4) is 0 Å². The minimum absolute atomic E-state index is 0.0670. The Bertz CT molecular complexity index is 924. The SMILES string of the molecule is Nc1cc(O)ccc1N=Nc1cccc(N=Nc2ccc(O)cc2N)c1. The molecule has 6 N–H and O–H groups in total. The lowest BCUT2D eigenvalue weighted by Gasteiger charge is -2.00. The molecule has 0 bridgehead atoms. The van der Waals surface area contributed by atoms with E-state index in [0.717, 1.165) is 0 Å². The molecule has 26 heavy (non-hydrogen) atoms. The number of nitrogens with zero attached hydrogens (tertiary/aromatic N) is 4. The number of phenols is 2. The molecule has 0 aromatic heterocycles. The third-order valence-electron chi connectivity index (χ3n) is 3.40. The van der Waals surface area contributed by atoms with Crippen molar-refractivity contribution in [2.45, 2.75) is 0 Å². The molecule has 0 atom stereocenters. The lowest BCUT2D eigenvalue weighted by molar-refractivity contribution is 0.475. The Hall–Kier alpha value is -3.94. The number of nitrogen functional groups attached to an aromatic ring is 2. The third kappa shape index (κ3) is 4.12. The van der Waals surface area contributed by atoms with E-state index in [1.807, 2.05) is 0 Å². The predicted molar refractivity (Wildman–Crippen MR) is 99.8 cm³/mol. The Labute approximate surface area is 149 Å². The zero-order chi connectivity index (χ0) is 18.5. The third-order valence-corrected chi connectivity index (χ3v) is 3.40. The highest BCUT2D eigenvalue weighted by molar-refractivity contribution is 5.65. The number of benzene rings is 3. The molecule has 0 unspecified atom stereocenters. The van der Waals surface area contributed by atoms with Crippen LogP contribution in [0.5, 0.6) is 11.5 Å². The van der Waals surface area contributed by atoms with Gasteiger partial charge >= 0.3 is 0 Å². The van der Waals surface area contributed by atoms with Crippen molar-refractivity contribution in [1.29, 1.82) is 0 Å². The first-order valence-corrected chi connectivity index (χ1v) is 7.62. The van der Waals surface area contributed by atoms with E-state index < -0.39 is 0 Å². The van der Waals surface area contributed by atoms with Gasteiger partial charge in [0.1, 0.15) is 22.9 Å². The Morgan fingerprint density at radius 3 is 1.46 bits per heavy atom. The van der Waals surface area contributed by atoms with Crippen LogP contribution >= 0.6 is 0 Å². The molecule has 130 valence electrons.